The fourth-order valence-corrected chi connectivity index (χ4v) is 1.97. The lowest BCUT2D eigenvalue weighted by molar-refractivity contribution is -0.136. The molecule has 1 amide bonds. The van der Waals surface area contributed by atoms with Gasteiger partial charge in [0.1, 0.15) is 11.0 Å². The Labute approximate surface area is 134 Å². The summed E-state index contributed by atoms with van der Waals surface area (Å²) >= 11 is 0. The minimum absolute atomic E-state index is 0.101. The minimum atomic E-state index is -1.16. The molecule has 128 valence electrons. The van der Waals surface area contributed by atoms with Gasteiger partial charge in [-0.15, -0.1) is 0 Å². The Morgan fingerprint density at radius 2 is 1.96 bits per heavy atom. The summed E-state index contributed by atoms with van der Waals surface area (Å²) in [4.78, 5) is 55.0. The molecule has 0 unspecified atom stereocenters. The van der Waals surface area contributed by atoms with Crippen molar-refractivity contribution < 1.29 is 19.4 Å². The molecule has 0 aliphatic heterocycles. The quantitative estimate of drug-likeness (QED) is 0.639. The predicted molar refractivity (Wildman–Crippen MR) is 84.2 cm³/mol. The number of aliphatic carboxylic acids is 1. The van der Waals surface area contributed by atoms with Crippen LogP contribution in [0.2, 0.25) is 0 Å². The lowest BCUT2D eigenvalue weighted by Gasteiger charge is -2.19. The number of rotatable bonds is 3. The van der Waals surface area contributed by atoms with Gasteiger partial charge in [-0.3, -0.25) is 24.7 Å². The van der Waals surface area contributed by atoms with Gasteiger partial charge in [-0.2, -0.15) is 0 Å². The number of aromatic amines is 2. The second kappa shape index (κ2) is 6.14. The molecule has 0 saturated carbocycles. The zero-order valence-electron chi connectivity index (χ0n) is 13.2. The maximum absolute atomic E-state index is 12.1. The molecule has 2 rings (SSSR count). The number of hydrogen-bond acceptors (Lipinski definition) is 6. The molecule has 0 spiro atoms. The van der Waals surface area contributed by atoms with Crippen LogP contribution >= 0.6 is 0 Å². The number of nitrogens with one attached hydrogen (secondary N) is 3. The largest absolute Gasteiger partial charge is 0.481 e. The molecule has 2 aromatic heterocycles. The summed E-state index contributed by atoms with van der Waals surface area (Å²) in [6.45, 7) is 4.98. The van der Waals surface area contributed by atoms with Crippen LogP contribution in [0, 0.1) is 0 Å². The van der Waals surface area contributed by atoms with E-state index < -0.39 is 35.2 Å². The molecule has 4 N–H and O–H groups in total. The van der Waals surface area contributed by atoms with E-state index in [2.05, 4.69) is 20.3 Å². The Bertz CT molecular complexity index is 921. The number of carbonyl (C=O) groups excluding carboxylic acids is 1. The Morgan fingerprint density at radius 1 is 1.29 bits per heavy atom. The molecule has 0 aromatic carbocycles. The van der Waals surface area contributed by atoms with Gasteiger partial charge in [0, 0.05) is 11.8 Å². The number of hydrogen-bond donors (Lipinski definition) is 4. The van der Waals surface area contributed by atoms with E-state index in [-0.39, 0.29) is 22.4 Å². The lowest BCUT2D eigenvalue weighted by Crippen LogP contribution is -2.29. The van der Waals surface area contributed by atoms with Crippen LogP contribution in [0.1, 0.15) is 26.3 Å². The summed E-state index contributed by atoms with van der Waals surface area (Å²) in [6.07, 6.45) is -0.132. The van der Waals surface area contributed by atoms with Crippen LogP contribution in [0.25, 0.3) is 10.9 Å². The maximum Gasteiger partial charge on any atom is 0.414 e. The van der Waals surface area contributed by atoms with E-state index in [9.17, 15) is 19.2 Å². The topological polar surface area (TPSA) is 154 Å². The number of amides is 1. The smallest absolute Gasteiger partial charge is 0.414 e. The fourth-order valence-electron chi connectivity index (χ4n) is 1.97. The van der Waals surface area contributed by atoms with Gasteiger partial charge in [-0.1, -0.05) is 0 Å². The summed E-state index contributed by atoms with van der Waals surface area (Å²) in [5, 5.41) is 10.8. The average Bonchev–Trinajstić information content (AvgIpc) is 2.38. The van der Waals surface area contributed by atoms with E-state index >= 15 is 0 Å². The molecular formula is C14H16N4O6. The van der Waals surface area contributed by atoms with Gasteiger partial charge in [0.05, 0.1) is 11.9 Å². The molecule has 0 aliphatic carbocycles. The summed E-state index contributed by atoms with van der Waals surface area (Å²) < 4.78 is 5.04. The van der Waals surface area contributed by atoms with Crippen molar-refractivity contribution >= 4 is 28.9 Å². The highest BCUT2D eigenvalue weighted by molar-refractivity contribution is 5.87. The Balaban J connectivity index is 2.51. The van der Waals surface area contributed by atoms with Crippen LogP contribution < -0.4 is 16.4 Å². The van der Waals surface area contributed by atoms with Crippen molar-refractivity contribution in [2.75, 3.05) is 5.32 Å². The molecule has 2 aromatic rings. The van der Waals surface area contributed by atoms with Crippen molar-refractivity contribution in [3.8, 4) is 0 Å². The van der Waals surface area contributed by atoms with Gasteiger partial charge in [0.15, 0.2) is 0 Å². The van der Waals surface area contributed by atoms with Crippen molar-refractivity contribution in [1.29, 1.82) is 0 Å². The second-order valence-electron chi connectivity index (χ2n) is 5.98. The summed E-state index contributed by atoms with van der Waals surface area (Å²) in [6, 6.07) is 0. The van der Waals surface area contributed by atoms with Crippen LogP contribution in [-0.4, -0.2) is 37.7 Å². The third-order valence-electron chi connectivity index (χ3n) is 2.79. The van der Waals surface area contributed by atoms with E-state index in [1.807, 2.05) is 0 Å². The first-order valence-corrected chi connectivity index (χ1v) is 6.93. The van der Waals surface area contributed by atoms with E-state index in [4.69, 9.17) is 9.84 Å². The van der Waals surface area contributed by atoms with Crippen molar-refractivity contribution in [3.63, 3.8) is 0 Å². The van der Waals surface area contributed by atoms with Crippen LogP contribution in [0.5, 0.6) is 0 Å². The number of ether oxygens (including phenoxy) is 1. The van der Waals surface area contributed by atoms with Gasteiger partial charge in [-0.05, 0) is 20.8 Å². The molecular weight excluding hydrogens is 320 g/mol. The highest BCUT2D eigenvalue weighted by Crippen LogP contribution is 2.13. The molecule has 0 atom stereocenters. The predicted octanol–water partition coefficient (Wildman–Crippen LogP) is 0.585. The summed E-state index contributed by atoms with van der Waals surface area (Å²) in [5.41, 5.74) is -2.24. The van der Waals surface area contributed by atoms with E-state index in [1.54, 1.807) is 20.8 Å². The SMILES string of the molecule is CC(C)(C)OC(=O)Nc1nc2c(CC(=O)O)c[nH]c(=O)c2c(=O)[nH]1. The molecule has 0 aliphatic rings. The molecule has 0 bridgehead atoms. The first-order chi connectivity index (χ1) is 11.1. The molecule has 0 fully saturated rings. The van der Waals surface area contributed by atoms with E-state index in [1.165, 1.54) is 6.20 Å². The Hall–Kier alpha value is -3.17. The maximum atomic E-state index is 12.1. The normalized spacial score (nSPS) is 11.3. The standard InChI is InChI=1S/C14H16N4O6/c1-14(2,3)24-13(23)18-12-16-9-6(4-7(19)20)5-15-10(21)8(9)11(22)17-12/h5H,4H2,1-3H3,(H,15,21)(H,19,20)(H2,16,17,18,22,23). The minimum Gasteiger partial charge on any atom is -0.481 e. The number of nitrogens with zero attached hydrogens (tertiary/aromatic N) is 1. The number of aromatic nitrogens is 3. The third kappa shape index (κ3) is 3.97. The Morgan fingerprint density at radius 3 is 2.54 bits per heavy atom. The fraction of sp³-hybridized carbons (Fsp3) is 0.357. The van der Waals surface area contributed by atoms with Crippen molar-refractivity contribution in [2.45, 2.75) is 32.8 Å². The molecule has 2 heterocycles. The monoisotopic (exact) mass is 336 g/mol. The van der Waals surface area contributed by atoms with Gasteiger partial charge < -0.3 is 14.8 Å². The Kier molecular flexibility index (Phi) is 4.40. The summed E-state index contributed by atoms with van der Waals surface area (Å²) in [5.74, 6) is -1.41. The number of carboxylic acid groups (broad SMARTS) is 1. The zero-order chi connectivity index (χ0) is 18.1. The van der Waals surface area contributed by atoms with E-state index in [0.29, 0.717) is 0 Å². The van der Waals surface area contributed by atoms with Crippen molar-refractivity contribution in [3.05, 3.63) is 32.5 Å². The number of pyridine rings is 1. The van der Waals surface area contributed by atoms with Crippen LogP contribution in [0.3, 0.4) is 0 Å². The number of H-pyrrole nitrogens is 2. The van der Waals surface area contributed by atoms with Gasteiger partial charge in [0.2, 0.25) is 5.95 Å². The summed E-state index contributed by atoms with van der Waals surface area (Å²) in [7, 11) is 0. The number of carboxylic acids is 1. The molecule has 0 saturated heterocycles. The zero-order valence-corrected chi connectivity index (χ0v) is 13.2. The highest BCUT2D eigenvalue weighted by Gasteiger charge is 2.19. The molecule has 0 radical (unpaired) electrons. The molecule has 24 heavy (non-hydrogen) atoms. The average molecular weight is 336 g/mol. The molecule has 10 nitrogen and oxygen atoms in total. The third-order valence-corrected chi connectivity index (χ3v) is 2.79. The second-order valence-corrected chi connectivity index (χ2v) is 5.98. The number of fused-ring (bicyclic) bond motifs is 1. The lowest BCUT2D eigenvalue weighted by atomic mass is 10.1. The van der Waals surface area contributed by atoms with Gasteiger partial charge in [-0.25, -0.2) is 9.78 Å². The van der Waals surface area contributed by atoms with Gasteiger partial charge in [0.25, 0.3) is 11.1 Å². The first kappa shape index (κ1) is 17.2. The van der Waals surface area contributed by atoms with Crippen LogP contribution in [0.15, 0.2) is 15.8 Å². The highest BCUT2D eigenvalue weighted by atomic mass is 16.6. The number of anilines is 1. The van der Waals surface area contributed by atoms with Gasteiger partial charge >= 0.3 is 12.1 Å². The van der Waals surface area contributed by atoms with Crippen molar-refractivity contribution in [1.82, 2.24) is 15.0 Å². The first-order valence-electron chi connectivity index (χ1n) is 6.93. The van der Waals surface area contributed by atoms with Crippen LogP contribution in [-0.2, 0) is 16.0 Å². The van der Waals surface area contributed by atoms with Crippen molar-refractivity contribution in [2.24, 2.45) is 0 Å². The van der Waals surface area contributed by atoms with E-state index in [0.717, 1.165) is 0 Å². The van der Waals surface area contributed by atoms with Crippen LogP contribution in [0.4, 0.5) is 10.7 Å². The molecule has 10 heteroatoms. The number of carbonyl (C=O) groups is 2.